The average molecular weight is 359 g/mol. The monoisotopic (exact) mass is 358 g/mol. The summed E-state index contributed by atoms with van der Waals surface area (Å²) in [6, 6.07) is 0. The van der Waals surface area contributed by atoms with Gasteiger partial charge in [0.15, 0.2) is 8.32 Å². The van der Waals surface area contributed by atoms with E-state index < -0.39 is 37.7 Å². The Bertz CT molecular complexity index is 520. The molecule has 138 valence electrons. The van der Waals surface area contributed by atoms with Gasteiger partial charge in [-0.2, -0.15) is 0 Å². The van der Waals surface area contributed by atoms with Crippen molar-refractivity contribution >= 4 is 14.3 Å². The first kappa shape index (κ1) is 19.6. The van der Waals surface area contributed by atoms with Gasteiger partial charge in [-0.05, 0) is 18.1 Å². The van der Waals surface area contributed by atoms with Crippen molar-refractivity contribution in [2.45, 2.75) is 56.4 Å². The summed E-state index contributed by atoms with van der Waals surface area (Å²) < 4.78 is 28.7. The van der Waals surface area contributed by atoms with Crippen LogP contribution in [0.5, 0.6) is 0 Å². The second kappa shape index (κ2) is 6.21. The van der Waals surface area contributed by atoms with Crippen LogP contribution in [0.4, 0.5) is 0 Å². The smallest absolute Gasteiger partial charge is 0.317 e. The zero-order valence-electron chi connectivity index (χ0n) is 16.0. The van der Waals surface area contributed by atoms with E-state index in [0.717, 1.165) is 0 Å². The predicted octanol–water partition coefficient (Wildman–Crippen LogP) is 2.49. The van der Waals surface area contributed by atoms with E-state index in [1.807, 2.05) is 12.2 Å². The van der Waals surface area contributed by atoms with Crippen LogP contribution in [-0.2, 0) is 28.2 Å². The molecule has 0 amide bonds. The van der Waals surface area contributed by atoms with Gasteiger partial charge < -0.3 is 23.4 Å². The number of hydrogen-bond acceptors (Lipinski definition) is 6. The van der Waals surface area contributed by atoms with Crippen LogP contribution in [0.15, 0.2) is 12.2 Å². The molecule has 2 bridgehead atoms. The molecule has 1 unspecified atom stereocenters. The van der Waals surface area contributed by atoms with Gasteiger partial charge in [-0.1, -0.05) is 32.9 Å². The summed E-state index contributed by atoms with van der Waals surface area (Å²) in [5, 5.41) is 0.0598. The van der Waals surface area contributed by atoms with Gasteiger partial charge in [-0.25, -0.2) is 0 Å². The molecule has 0 aromatic heterocycles. The SMILES string of the molecule is COC(=O)C1C(OC)(OC)[C@@H]2C=C[C@@]1(CO[Si](C)(C)C(C)(C)C)O2. The highest BCUT2D eigenvalue weighted by atomic mass is 28.4. The summed E-state index contributed by atoms with van der Waals surface area (Å²) >= 11 is 0. The van der Waals surface area contributed by atoms with Gasteiger partial charge in [0.05, 0.1) is 13.7 Å². The largest absolute Gasteiger partial charge is 0.469 e. The molecule has 0 aliphatic carbocycles. The Morgan fingerprint density at radius 2 is 1.79 bits per heavy atom. The van der Waals surface area contributed by atoms with Crippen LogP contribution in [0, 0.1) is 5.92 Å². The highest BCUT2D eigenvalue weighted by Gasteiger charge is 2.70. The normalized spacial score (nSPS) is 31.5. The highest BCUT2D eigenvalue weighted by molar-refractivity contribution is 6.74. The van der Waals surface area contributed by atoms with Gasteiger partial charge in [0, 0.05) is 14.2 Å². The Labute approximate surface area is 145 Å². The Morgan fingerprint density at radius 1 is 1.21 bits per heavy atom. The van der Waals surface area contributed by atoms with E-state index in [1.54, 1.807) is 0 Å². The number of fused-ring (bicyclic) bond motifs is 2. The third kappa shape index (κ3) is 2.76. The maximum atomic E-state index is 12.5. The summed E-state index contributed by atoms with van der Waals surface area (Å²) in [7, 11) is 2.38. The molecule has 1 fully saturated rings. The van der Waals surface area contributed by atoms with Crippen molar-refractivity contribution in [1.82, 2.24) is 0 Å². The van der Waals surface area contributed by atoms with E-state index in [2.05, 4.69) is 33.9 Å². The van der Waals surface area contributed by atoms with Crippen molar-refractivity contribution in [2.24, 2.45) is 5.92 Å². The lowest BCUT2D eigenvalue weighted by Gasteiger charge is -2.41. The summed E-state index contributed by atoms with van der Waals surface area (Å²) in [6.07, 6.45) is 3.30. The number of esters is 1. The lowest BCUT2D eigenvalue weighted by molar-refractivity contribution is -0.245. The van der Waals surface area contributed by atoms with Crippen LogP contribution < -0.4 is 0 Å². The molecule has 2 heterocycles. The zero-order valence-corrected chi connectivity index (χ0v) is 17.0. The minimum Gasteiger partial charge on any atom is -0.469 e. The minimum atomic E-state index is -2.01. The maximum Gasteiger partial charge on any atom is 0.317 e. The molecular formula is C17H30O6Si. The van der Waals surface area contributed by atoms with Crippen molar-refractivity contribution in [3.8, 4) is 0 Å². The lowest BCUT2D eigenvalue weighted by Crippen LogP contribution is -2.57. The van der Waals surface area contributed by atoms with Gasteiger partial charge in [-0.15, -0.1) is 0 Å². The van der Waals surface area contributed by atoms with Crippen LogP contribution in [0.3, 0.4) is 0 Å². The quantitative estimate of drug-likeness (QED) is 0.315. The molecule has 3 atom stereocenters. The van der Waals surface area contributed by atoms with Crippen molar-refractivity contribution in [2.75, 3.05) is 27.9 Å². The summed E-state index contributed by atoms with van der Waals surface area (Å²) in [5.41, 5.74) is -0.931. The highest BCUT2D eigenvalue weighted by Crippen LogP contribution is 2.53. The van der Waals surface area contributed by atoms with Crippen LogP contribution in [-0.4, -0.2) is 59.7 Å². The van der Waals surface area contributed by atoms with Crippen LogP contribution in [0.1, 0.15) is 20.8 Å². The van der Waals surface area contributed by atoms with E-state index in [0.29, 0.717) is 0 Å². The van der Waals surface area contributed by atoms with Crippen LogP contribution in [0.2, 0.25) is 18.1 Å². The molecule has 0 aromatic rings. The second-order valence-electron chi connectivity index (χ2n) is 7.99. The predicted molar refractivity (Wildman–Crippen MR) is 92.1 cm³/mol. The number of hydrogen-bond donors (Lipinski definition) is 0. The van der Waals surface area contributed by atoms with Crippen molar-refractivity contribution in [3.05, 3.63) is 12.2 Å². The molecule has 0 radical (unpaired) electrons. The van der Waals surface area contributed by atoms with Crippen LogP contribution >= 0.6 is 0 Å². The topological polar surface area (TPSA) is 63.2 Å². The van der Waals surface area contributed by atoms with E-state index >= 15 is 0 Å². The van der Waals surface area contributed by atoms with E-state index in [9.17, 15) is 4.79 Å². The third-order valence-corrected chi connectivity index (χ3v) is 10.2. The fourth-order valence-electron chi connectivity index (χ4n) is 3.16. The summed E-state index contributed by atoms with van der Waals surface area (Å²) in [6.45, 7) is 11.1. The second-order valence-corrected chi connectivity index (χ2v) is 12.8. The lowest BCUT2D eigenvalue weighted by atomic mass is 9.78. The van der Waals surface area contributed by atoms with E-state index in [4.69, 9.17) is 23.4 Å². The molecule has 2 aliphatic heterocycles. The molecule has 2 rings (SSSR count). The van der Waals surface area contributed by atoms with Gasteiger partial charge in [0.25, 0.3) is 0 Å². The molecule has 0 aromatic carbocycles. The standard InChI is InChI=1S/C17H30O6Si/c1-15(2,3)24(7,8)22-11-16-10-9-12(23-16)17(20-5,21-6)13(16)14(18)19-4/h9-10,12-13H,11H2,1-8H3/t12-,13?,16-/m0/s1. The molecular weight excluding hydrogens is 328 g/mol. The van der Waals surface area contributed by atoms with E-state index in [1.165, 1.54) is 21.3 Å². The molecule has 0 saturated carbocycles. The molecule has 7 heteroatoms. The van der Waals surface area contributed by atoms with Crippen LogP contribution in [0.25, 0.3) is 0 Å². The summed E-state index contributed by atoms with van der Waals surface area (Å²) in [5.74, 6) is -2.37. The number of carbonyl (C=O) groups is 1. The van der Waals surface area contributed by atoms with Gasteiger partial charge in [-0.3, -0.25) is 4.79 Å². The van der Waals surface area contributed by atoms with Gasteiger partial charge in [0.2, 0.25) is 5.79 Å². The number of methoxy groups -OCH3 is 3. The molecule has 24 heavy (non-hydrogen) atoms. The summed E-state index contributed by atoms with van der Waals surface area (Å²) in [4.78, 5) is 12.5. The van der Waals surface area contributed by atoms with E-state index in [-0.39, 0.29) is 11.6 Å². The first-order valence-electron chi connectivity index (χ1n) is 8.19. The minimum absolute atomic E-state index is 0.0598. The molecule has 6 nitrogen and oxygen atoms in total. The van der Waals surface area contributed by atoms with Crippen molar-refractivity contribution < 1.29 is 28.2 Å². The Morgan fingerprint density at radius 3 is 2.25 bits per heavy atom. The zero-order chi connectivity index (χ0) is 18.4. The Hall–Kier alpha value is -0.733. The van der Waals surface area contributed by atoms with Crippen molar-refractivity contribution in [1.29, 1.82) is 0 Å². The maximum absolute atomic E-state index is 12.5. The third-order valence-electron chi connectivity index (χ3n) is 5.73. The fraction of sp³-hybridized carbons (Fsp3) is 0.824. The first-order valence-corrected chi connectivity index (χ1v) is 11.1. The fourth-order valence-corrected chi connectivity index (χ4v) is 4.18. The molecule has 1 saturated heterocycles. The Kier molecular flexibility index (Phi) is 5.07. The molecule has 2 aliphatic rings. The number of ether oxygens (including phenoxy) is 4. The first-order chi connectivity index (χ1) is 11.0. The molecule has 0 N–H and O–H groups in total. The van der Waals surface area contributed by atoms with Gasteiger partial charge in [0.1, 0.15) is 17.6 Å². The van der Waals surface area contributed by atoms with Gasteiger partial charge >= 0.3 is 5.97 Å². The Balaban J connectivity index is 2.34. The number of rotatable bonds is 6. The number of carbonyl (C=O) groups excluding carboxylic acids is 1. The molecule has 0 spiro atoms. The van der Waals surface area contributed by atoms with Crippen molar-refractivity contribution in [3.63, 3.8) is 0 Å². The average Bonchev–Trinajstić information content (AvgIpc) is 3.06.